The van der Waals surface area contributed by atoms with Gasteiger partial charge in [-0.15, -0.1) is 0 Å². The summed E-state index contributed by atoms with van der Waals surface area (Å²) in [4.78, 5) is 14.5. The normalized spacial score (nSPS) is 19.6. The molecule has 2 heterocycles. The van der Waals surface area contributed by atoms with Crippen molar-refractivity contribution in [1.82, 2.24) is 9.21 Å². The molecule has 0 N–H and O–H groups in total. The number of carbonyl (C=O) groups is 1. The van der Waals surface area contributed by atoms with E-state index in [1.165, 1.54) is 6.42 Å². The van der Waals surface area contributed by atoms with Crippen LogP contribution in [0.2, 0.25) is 0 Å². The van der Waals surface area contributed by atoms with E-state index in [2.05, 4.69) is 0 Å². The Morgan fingerprint density at radius 1 is 0.875 bits per heavy atom. The molecule has 6 heteroatoms. The lowest BCUT2D eigenvalue weighted by molar-refractivity contribution is -0.132. The van der Waals surface area contributed by atoms with Crippen LogP contribution in [0.25, 0.3) is 0 Å². The SMILES string of the molecule is O=C(CCc1ccc(S(=O)(=O)N2CCCC2)cc1)N1CCCCC1. The topological polar surface area (TPSA) is 57.7 Å². The molecule has 1 aromatic rings. The van der Waals surface area contributed by atoms with Crippen LogP contribution >= 0.6 is 0 Å². The van der Waals surface area contributed by atoms with Gasteiger partial charge in [0, 0.05) is 32.6 Å². The Hall–Kier alpha value is -1.40. The largest absolute Gasteiger partial charge is 0.343 e. The van der Waals surface area contributed by atoms with Gasteiger partial charge in [-0.2, -0.15) is 4.31 Å². The summed E-state index contributed by atoms with van der Waals surface area (Å²) in [6, 6.07) is 7.03. The third-order valence-corrected chi connectivity index (χ3v) is 6.88. The highest BCUT2D eigenvalue weighted by molar-refractivity contribution is 7.89. The molecule has 1 amide bonds. The predicted octanol–water partition coefficient (Wildman–Crippen LogP) is 2.42. The van der Waals surface area contributed by atoms with Gasteiger partial charge in [-0.05, 0) is 56.2 Å². The van der Waals surface area contributed by atoms with Crippen LogP contribution in [0.4, 0.5) is 0 Å². The fourth-order valence-corrected chi connectivity index (χ4v) is 4.98. The summed E-state index contributed by atoms with van der Waals surface area (Å²) in [5, 5.41) is 0. The number of hydrogen-bond acceptors (Lipinski definition) is 3. The van der Waals surface area contributed by atoms with Crippen LogP contribution in [-0.2, 0) is 21.2 Å². The molecule has 0 unspecified atom stereocenters. The highest BCUT2D eigenvalue weighted by atomic mass is 32.2. The number of piperidine rings is 1. The van der Waals surface area contributed by atoms with E-state index in [4.69, 9.17) is 0 Å². The van der Waals surface area contributed by atoms with Gasteiger partial charge in [0.15, 0.2) is 0 Å². The van der Waals surface area contributed by atoms with Crippen molar-refractivity contribution in [1.29, 1.82) is 0 Å². The van der Waals surface area contributed by atoms with E-state index in [0.29, 0.717) is 30.8 Å². The Bertz CT molecular complexity index is 658. The highest BCUT2D eigenvalue weighted by Gasteiger charge is 2.26. The molecule has 3 rings (SSSR count). The van der Waals surface area contributed by atoms with Gasteiger partial charge in [-0.1, -0.05) is 12.1 Å². The third-order valence-electron chi connectivity index (χ3n) is 4.96. The molecule has 5 nitrogen and oxygen atoms in total. The number of carbonyl (C=O) groups excluding carboxylic acids is 1. The van der Waals surface area contributed by atoms with E-state index >= 15 is 0 Å². The molecule has 2 saturated heterocycles. The molecule has 0 spiro atoms. The lowest BCUT2D eigenvalue weighted by Gasteiger charge is -2.26. The lowest BCUT2D eigenvalue weighted by Crippen LogP contribution is -2.35. The third kappa shape index (κ3) is 3.98. The lowest BCUT2D eigenvalue weighted by atomic mass is 10.1. The first-order chi connectivity index (χ1) is 11.6. The minimum absolute atomic E-state index is 0.212. The van der Waals surface area contributed by atoms with Crippen molar-refractivity contribution in [2.75, 3.05) is 26.2 Å². The Kier molecular flexibility index (Phi) is 5.56. The molecule has 0 aromatic heterocycles. The molecule has 24 heavy (non-hydrogen) atoms. The van der Waals surface area contributed by atoms with Gasteiger partial charge in [0.2, 0.25) is 15.9 Å². The van der Waals surface area contributed by atoms with Gasteiger partial charge in [-0.3, -0.25) is 4.79 Å². The van der Waals surface area contributed by atoms with Crippen molar-refractivity contribution in [3.8, 4) is 0 Å². The van der Waals surface area contributed by atoms with Gasteiger partial charge in [0.1, 0.15) is 0 Å². The molecule has 0 atom stereocenters. The molecule has 0 bridgehead atoms. The summed E-state index contributed by atoms with van der Waals surface area (Å²) in [5.41, 5.74) is 1.01. The maximum absolute atomic E-state index is 12.5. The molecular weight excluding hydrogens is 324 g/mol. The summed E-state index contributed by atoms with van der Waals surface area (Å²) < 4.78 is 26.5. The van der Waals surface area contributed by atoms with Gasteiger partial charge in [0.05, 0.1) is 4.90 Å². The van der Waals surface area contributed by atoms with Gasteiger partial charge >= 0.3 is 0 Å². The van der Waals surface area contributed by atoms with E-state index in [-0.39, 0.29) is 5.91 Å². The number of amides is 1. The summed E-state index contributed by atoms with van der Waals surface area (Å²) in [6.45, 7) is 3.00. The van der Waals surface area contributed by atoms with Crippen LogP contribution in [-0.4, -0.2) is 49.7 Å². The number of sulfonamides is 1. The van der Waals surface area contributed by atoms with Crippen molar-refractivity contribution in [2.24, 2.45) is 0 Å². The minimum Gasteiger partial charge on any atom is -0.343 e. The molecule has 2 fully saturated rings. The number of nitrogens with zero attached hydrogens (tertiary/aromatic N) is 2. The summed E-state index contributed by atoms with van der Waals surface area (Å²) in [5.74, 6) is 0.212. The first kappa shape index (κ1) is 17.4. The van der Waals surface area contributed by atoms with E-state index in [1.54, 1.807) is 16.4 Å². The van der Waals surface area contributed by atoms with Crippen LogP contribution in [0.1, 0.15) is 44.1 Å². The van der Waals surface area contributed by atoms with E-state index < -0.39 is 10.0 Å². The second kappa shape index (κ2) is 7.66. The zero-order valence-corrected chi connectivity index (χ0v) is 14.9. The second-order valence-corrected chi connectivity index (χ2v) is 8.63. The maximum atomic E-state index is 12.5. The predicted molar refractivity (Wildman–Crippen MR) is 93.2 cm³/mol. The second-order valence-electron chi connectivity index (χ2n) is 6.70. The van der Waals surface area contributed by atoms with Crippen molar-refractivity contribution >= 4 is 15.9 Å². The number of hydrogen-bond donors (Lipinski definition) is 0. The molecule has 0 radical (unpaired) electrons. The van der Waals surface area contributed by atoms with E-state index in [1.807, 2.05) is 17.0 Å². The molecule has 132 valence electrons. The number of likely N-dealkylation sites (tertiary alicyclic amines) is 1. The van der Waals surface area contributed by atoms with Crippen LogP contribution in [0.15, 0.2) is 29.2 Å². The average Bonchev–Trinajstić information content (AvgIpc) is 3.16. The molecule has 1 aromatic carbocycles. The summed E-state index contributed by atoms with van der Waals surface area (Å²) in [6.07, 6.45) is 6.48. The van der Waals surface area contributed by atoms with Crippen molar-refractivity contribution < 1.29 is 13.2 Å². The van der Waals surface area contributed by atoms with Crippen LogP contribution in [0.5, 0.6) is 0 Å². The molecule has 0 saturated carbocycles. The summed E-state index contributed by atoms with van der Waals surface area (Å²) in [7, 11) is -3.35. The number of rotatable bonds is 5. The Labute approximate surface area is 144 Å². The van der Waals surface area contributed by atoms with Crippen LogP contribution < -0.4 is 0 Å². The van der Waals surface area contributed by atoms with Gasteiger partial charge < -0.3 is 4.90 Å². The minimum atomic E-state index is -3.35. The molecular formula is C18H26N2O3S. The van der Waals surface area contributed by atoms with Crippen molar-refractivity contribution in [3.05, 3.63) is 29.8 Å². The van der Waals surface area contributed by atoms with E-state index in [0.717, 1.165) is 44.3 Å². The maximum Gasteiger partial charge on any atom is 0.243 e. The summed E-state index contributed by atoms with van der Waals surface area (Å²) >= 11 is 0. The Morgan fingerprint density at radius 2 is 1.46 bits per heavy atom. The smallest absolute Gasteiger partial charge is 0.243 e. The number of benzene rings is 1. The molecule has 2 aliphatic rings. The van der Waals surface area contributed by atoms with Crippen LogP contribution in [0.3, 0.4) is 0 Å². The monoisotopic (exact) mass is 350 g/mol. The highest BCUT2D eigenvalue weighted by Crippen LogP contribution is 2.21. The molecule has 0 aliphatic carbocycles. The fraction of sp³-hybridized carbons (Fsp3) is 0.611. The van der Waals surface area contributed by atoms with E-state index in [9.17, 15) is 13.2 Å². The number of aryl methyl sites for hydroxylation is 1. The van der Waals surface area contributed by atoms with Crippen molar-refractivity contribution in [3.63, 3.8) is 0 Å². The first-order valence-electron chi connectivity index (χ1n) is 8.94. The Balaban J connectivity index is 1.57. The van der Waals surface area contributed by atoms with Gasteiger partial charge in [-0.25, -0.2) is 8.42 Å². The zero-order chi connectivity index (χ0) is 17.0. The van der Waals surface area contributed by atoms with Crippen LogP contribution in [0, 0.1) is 0 Å². The Morgan fingerprint density at radius 3 is 2.08 bits per heavy atom. The fourth-order valence-electron chi connectivity index (χ4n) is 3.46. The average molecular weight is 350 g/mol. The van der Waals surface area contributed by atoms with Gasteiger partial charge in [0.25, 0.3) is 0 Å². The van der Waals surface area contributed by atoms with Crippen molar-refractivity contribution in [2.45, 2.75) is 49.8 Å². The first-order valence-corrected chi connectivity index (χ1v) is 10.4. The quantitative estimate of drug-likeness (QED) is 0.819. The zero-order valence-electron chi connectivity index (χ0n) is 14.1. The molecule has 2 aliphatic heterocycles. The standard InChI is InChI=1S/C18H26N2O3S/c21-18(19-12-2-1-3-13-19)11-8-16-6-9-17(10-7-16)24(22,23)20-14-4-5-15-20/h6-7,9-10H,1-5,8,11-15H2.